The van der Waals surface area contributed by atoms with E-state index in [4.69, 9.17) is 9.47 Å². The predicted molar refractivity (Wildman–Crippen MR) is 90.2 cm³/mol. The number of benzene rings is 2. The Hall–Kier alpha value is -2.63. The Balaban J connectivity index is 1.56. The van der Waals surface area contributed by atoms with Crippen molar-refractivity contribution >= 4 is 0 Å². The molecule has 1 N–H and O–H groups in total. The fourth-order valence-electron chi connectivity index (χ4n) is 2.30. The summed E-state index contributed by atoms with van der Waals surface area (Å²) in [7, 11) is 0. The van der Waals surface area contributed by atoms with E-state index < -0.39 is 0 Å². The van der Waals surface area contributed by atoms with Crippen molar-refractivity contribution in [1.29, 1.82) is 0 Å². The van der Waals surface area contributed by atoms with Gasteiger partial charge >= 0.3 is 0 Å². The van der Waals surface area contributed by atoms with Crippen LogP contribution >= 0.6 is 0 Å². The molecule has 0 aliphatic heterocycles. The van der Waals surface area contributed by atoms with Gasteiger partial charge in [-0.2, -0.15) is 0 Å². The van der Waals surface area contributed by atoms with Gasteiger partial charge in [-0.15, -0.1) is 5.10 Å². The Morgan fingerprint density at radius 1 is 0.875 bits per heavy atom. The maximum absolute atomic E-state index is 9.46. The number of aliphatic hydroxyl groups excluding tert-OH is 1. The third-order valence-electron chi connectivity index (χ3n) is 3.52. The molecule has 0 amide bonds. The molecule has 5 heteroatoms. The second-order valence-corrected chi connectivity index (χ2v) is 5.39. The molecule has 3 rings (SSSR count). The zero-order valence-electron chi connectivity index (χ0n) is 13.3. The molecule has 1 aromatic heterocycles. The van der Waals surface area contributed by atoms with Gasteiger partial charge in [0.15, 0.2) is 0 Å². The minimum Gasteiger partial charge on any atom is -0.471 e. The molecular formula is C19H20N2O3. The van der Waals surface area contributed by atoms with Crippen LogP contribution in [0.1, 0.15) is 16.7 Å². The van der Waals surface area contributed by atoms with E-state index in [9.17, 15) is 5.11 Å². The fourth-order valence-corrected chi connectivity index (χ4v) is 2.30. The molecule has 0 bridgehead atoms. The van der Waals surface area contributed by atoms with E-state index >= 15 is 0 Å². The quantitative estimate of drug-likeness (QED) is 0.692. The largest absolute Gasteiger partial charge is 0.471 e. The lowest BCUT2D eigenvalue weighted by Crippen LogP contribution is -2.04. The van der Waals surface area contributed by atoms with E-state index in [-0.39, 0.29) is 6.61 Å². The van der Waals surface area contributed by atoms with Crippen molar-refractivity contribution in [1.82, 2.24) is 9.78 Å². The zero-order chi connectivity index (χ0) is 16.6. The molecule has 124 valence electrons. The highest BCUT2D eigenvalue weighted by molar-refractivity contribution is 5.23. The Labute approximate surface area is 141 Å². The van der Waals surface area contributed by atoms with Crippen LogP contribution in [0.4, 0.5) is 0 Å². The van der Waals surface area contributed by atoms with Crippen LogP contribution < -0.4 is 4.74 Å². The topological polar surface area (TPSA) is 56.5 Å². The number of nitrogens with zero attached hydrogens (tertiary/aromatic N) is 2. The van der Waals surface area contributed by atoms with Gasteiger partial charge in [0.25, 0.3) is 0 Å². The van der Waals surface area contributed by atoms with Gasteiger partial charge in [-0.1, -0.05) is 60.7 Å². The third kappa shape index (κ3) is 4.44. The molecule has 0 aliphatic rings. The summed E-state index contributed by atoms with van der Waals surface area (Å²) in [6.07, 6.45) is 1.74. The Bertz CT molecular complexity index is 742. The molecule has 3 aromatic rings. The number of aliphatic hydroxyl groups is 1. The van der Waals surface area contributed by atoms with Crippen LogP contribution in [-0.2, 0) is 31.3 Å². The second-order valence-electron chi connectivity index (χ2n) is 5.39. The average molecular weight is 324 g/mol. The van der Waals surface area contributed by atoms with Crippen molar-refractivity contribution in [3.05, 3.63) is 83.6 Å². The van der Waals surface area contributed by atoms with Crippen LogP contribution in [0.25, 0.3) is 0 Å². The SMILES string of the molecule is OCc1cn(COCc2ccccc2)nc1OCc1ccccc1. The van der Waals surface area contributed by atoms with Crippen molar-refractivity contribution < 1.29 is 14.6 Å². The van der Waals surface area contributed by atoms with Gasteiger partial charge < -0.3 is 14.6 Å². The molecule has 0 saturated heterocycles. The van der Waals surface area contributed by atoms with E-state index in [0.29, 0.717) is 31.4 Å². The van der Waals surface area contributed by atoms with Crippen molar-refractivity contribution in [3.63, 3.8) is 0 Å². The first-order valence-electron chi connectivity index (χ1n) is 7.81. The molecule has 1 heterocycles. The van der Waals surface area contributed by atoms with Crippen LogP contribution in [-0.4, -0.2) is 14.9 Å². The maximum Gasteiger partial charge on any atom is 0.238 e. The van der Waals surface area contributed by atoms with Gasteiger partial charge in [-0.3, -0.25) is 0 Å². The number of hydrogen-bond donors (Lipinski definition) is 1. The van der Waals surface area contributed by atoms with Crippen LogP contribution in [0.15, 0.2) is 66.9 Å². The molecule has 0 fully saturated rings. The lowest BCUT2D eigenvalue weighted by Gasteiger charge is -2.05. The summed E-state index contributed by atoms with van der Waals surface area (Å²) >= 11 is 0. The monoisotopic (exact) mass is 324 g/mol. The summed E-state index contributed by atoms with van der Waals surface area (Å²) in [4.78, 5) is 0. The zero-order valence-corrected chi connectivity index (χ0v) is 13.3. The molecule has 0 radical (unpaired) electrons. The minimum atomic E-state index is -0.122. The number of ether oxygens (including phenoxy) is 2. The van der Waals surface area contributed by atoms with Crippen LogP contribution in [0, 0.1) is 0 Å². The third-order valence-corrected chi connectivity index (χ3v) is 3.52. The minimum absolute atomic E-state index is 0.122. The standard InChI is InChI=1S/C19H20N2O3/c22-12-18-11-21(15-23-13-16-7-3-1-4-8-16)20-19(18)24-14-17-9-5-2-6-10-17/h1-11,22H,12-15H2. The number of rotatable bonds is 8. The smallest absolute Gasteiger partial charge is 0.238 e. The van der Waals surface area contributed by atoms with Crippen molar-refractivity contribution in [2.24, 2.45) is 0 Å². The lowest BCUT2D eigenvalue weighted by molar-refractivity contribution is 0.0550. The lowest BCUT2D eigenvalue weighted by atomic mass is 10.2. The Morgan fingerprint density at radius 2 is 1.50 bits per heavy atom. The highest BCUT2D eigenvalue weighted by atomic mass is 16.5. The van der Waals surface area contributed by atoms with E-state index in [1.807, 2.05) is 60.7 Å². The highest BCUT2D eigenvalue weighted by Crippen LogP contribution is 2.17. The van der Waals surface area contributed by atoms with E-state index in [1.165, 1.54) is 0 Å². The van der Waals surface area contributed by atoms with Crippen LogP contribution in [0.5, 0.6) is 5.88 Å². The summed E-state index contributed by atoms with van der Waals surface area (Å²) in [5.74, 6) is 0.435. The van der Waals surface area contributed by atoms with Crippen molar-refractivity contribution in [2.75, 3.05) is 0 Å². The van der Waals surface area contributed by atoms with Crippen molar-refractivity contribution in [2.45, 2.75) is 26.6 Å². The first-order chi connectivity index (χ1) is 11.8. The van der Waals surface area contributed by atoms with E-state index in [0.717, 1.165) is 11.1 Å². The first-order valence-corrected chi connectivity index (χ1v) is 7.81. The van der Waals surface area contributed by atoms with E-state index in [2.05, 4.69) is 5.10 Å². The molecule has 0 saturated carbocycles. The predicted octanol–water partition coefficient (Wildman–Crippen LogP) is 3.13. The highest BCUT2D eigenvalue weighted by Gasteiger charge is 2.10. The number of aromatic nitrogens is 2. The van der Waals surface area contributed by atoms with Crippen LogP contribution in [0.3, 0.4) is 0 Å². The molecule has 24 heavy (non-hydrogen) atoms. The maximum atomic E-state index is 9.46. The Morgan fingerprint density at radius 3 is 2.12 bits per heavy atom. The summed E-state index contributed by atoms with van der Waals surface area (Å²) in [5, 5.41) is 13.8. The average Bonchev–Trinajstić information content (AvgIpc) is 3.04. The molecule has 0 spiro atoms. The Kier molecular flexibility index (Phi) is 5.61. The molecule has 0 aliphatic carbocycles. The van der Waals surface area contributed by atoms with Gasteiger partial charge in [0.05, 0.1) is 18.8 Å². The molecule has 0 atom stereocenters. The van der Waals surface area contributed by atoms with Gasteiger partial charge in [0, 0.05) is 6.20 Å². The number of hydrogen-bond acceptors (Lipinski definition) is 4. The van der Waals surface area contributed by atoms with Gasteiger partial charge in [0.1, 0.15) is 13.3 Å². The van der Waals surface area contributed by atoms with Gasteiger partial charge in [-0.05, 0) is 11.1 Å². The molecule has 0 unspecified atom stereocenters. The van der Waals surface area contributed by atoms with E-state index in [1.54, 1.807) is 10.9 Å². The summed E-state index contributed by atoms with van der Waals surface area (Å²) in [5.41, 5.74) is 2.80. The van der Waals surface area contributed by atoms with Crippen LogP contribution in [0.2, 0.25) is 0 Å². The summed E-state index contributed by atoms with van der Waals surface area (Å²) in [6.45, 7) is 1.10. The molecular weight excluding hydrogens is 304 g/mol. The van der Waals surface area contributed by atoms with Gasteiger partial charge in [0.2, 0.25) is 5.88 Å². The van der Waals surface area contributed by atoms with Crippen molar-refractivity contribution in [3.8, 4) is 5.88 Å². The van der Waals surface area contributed by atoms with Gasteiger partial charge in [-0.25, -0.2) is 4.68 Å². The summed E-state index contributed by atoms with van der Waals surface area (Å²) < 4.78 is 13.0. The normalized spacial score (nSPS) is 10.7. The molecule has 5 nitrogen and oxygen atoms in total. The fraction of sp³-hybridized carbons (Fsp3) is 0.211. The second kappa shape index (κ2) is 8.29. The first kappa shape index (κ1) is 16.2. The summed E-state index contributed by atoms with van der Waals surface area (Å²) in [6, 6.07) is 19.8. The molecule has 2 aromatic carbocycles.